The van der Waals surface area contributed by atoms with E-state index in [9.17, 15) is 4.79 Å². The molecule has 0 bridgehead atoms. The number of nitrogens with one attached hydrogen (secondary N) is 1. The third-order valence-corrected chi connectivity index (χ3v) is 3.12. The molecule has 1 N–H and O–H groups in total. The first kappa shape index (κ1) is 14.9. The summed E-state index contributed by atoms with van der Waals surface area (Å²) in [7, 11) is 0. The third-order valence-electron chi connectivity index (χ3n) is 3.12. The number of oxazole rings is 1. The van der Waals surface area contributed by atoms with Crippen molar-refractivity contribution in [2.24, 2.45) is 0 Å². The van der Waals surface area contributed by atoms with Gasteiger partial charge in [0, 0.05) is 23.9 Å². The van der Waals surface area contributed by atoms with Gasteiger partial charge in [-0.05, 0) is 12.1 Å². The molecule has 118 valence electrons. The molecule has 0 aromatic carbocycles. The van der Waals surface area contributed by atoms with Crippen LogP contribution in [0.15, 0.2) is 39.9 Å². The minimum Gasteiger partial charge on any atom is -0.447 e. The van der Waals surface area contributed by atoms with Crippen molar-refractivity contribution in [2.45, 2.75) is 26.3 Å². The highest BCUT2D eigenvalue weighted by molar-refractivity contribution is 5.93. The number of aromatic nitrogens is 4. The molecule has 0 atom stereocenters. The van der Waals surface area contributed by atoms with Gasteiger partial charge in [-0.1, -0.05) is 19.0 Å². The first-order chi connectivity index (χ1) is 11.1. The summed E-state index contributed by atoms with van der Waals surface area (Å²) in [6, 6.07) is 3.61. The molecule has 0 aliphatic heterocycles. The summed E-state index contributed by atoms with van der Waals surface area (Å²) in [5, 5.41) is 6.55. The van der Waals surface area contributed by atoms with Crippen LogP contribution in [0.25, 0.3) is 11.4 Å². The van der Waals surface area contributed by atoms with E-state index >= 15 is 0 Å². The van der Waals surface area contributed by atoms with Crippen molar-refractivity contribution in [1.29, 1.82) is 0 Å². The molecule has 3 aromatic rings. The first-order valence-electron chi connectivity index (χ1n) is 7.09. The minimum absolute atomic E-state index is 0.0684. The monoisotopic (exact) mass is 313 g/mol. The van der Waals surface area contributed by atoms with E-state index in [4.69, 9.17) is 8.94 Å². The fraction of sp³-hybridized carbons (Fsp3) is 0.267. The zero-order valence-electron chi connectivity index (χ0n) is 12.7. The number of carbonyl (C=O) groups excluding carboxylic acids is 1. The van der Waals surface area contributed by atoms with Crippen LogP contribution in [0.2, 0.25) is 0 Å². The number of hydrogen-bond donors (Lipinski definition) is 1. The molecule has 0 saturated carbocycles. The van der Waals surface area contributed by atoms with Gasteiger partial charge in [-0.2, -0.15) is 4.98 Å². The predicted molar refractivity (Wildman–Crippen MR) is 79.3 cm³/mol. The van der Waals surface area contributed by atoms with E-state index in [0.29, 0.717) is 17.5 Å². The van der Waals surface area contributed by atoms with Crippen LogP contribution in [0.4, 0.5) is 0 Å². The average Bonchev–Trinajstić information content (AvgIpc) is 3.23. The standard InChI is InChI=1S/C15H15N5O3/c1-9(2)13-12(18-8-22-13)15(21)17-7-11-19-14(20-23-11)10-4-3-5-16-6-10/h3-6,8-9H,7H2,1-2H3,(H,17,21). The van der Waals surface area contributed by atoms with E-state index in [1.807, 2.05) is 19.9 Å². The smallest absolute Gasteiger partial charge is 0.273 e. The van der Waals surface area contributed by atoms with Crippen LogP contribution < -0.4 is 5.32 Å². The molecular formula is C15H15N5O3. The van der Waals surface area contributed by atoms with Crippen LogP contribution in [0.1, 0.15) is 41.9 Å². The van der Waals surface area contributed by atoms with Gasteiger partial charge in [0.25, 0.3) is 5.91 Å². The largest absolute Gasteiger partial charge is 0.447 e. The third kappa shape index (κ3) is 3.25. The maximum Gasteiger partial charge on any atom is 0.273 e. The average molecular weight is 313 g/mol. The van der Waals surface area contributed by atoms with E-state index in [1.54, 1.807) is 18.5 Å². The van der Waals surface area contributed by atoms with Gasteiger partial charge in [-0.25, -0.2) is 4.98 Å². The Labute approximate surface area is 132 Å². The van der Waals surface area contributed by atoms with Crippen LogP contribution in [0.5, 0.6) is 0 Å². The molecule has 23 heavy (non-hydrogen) atoms. The van der Waals surface area contributed by atoms with Gasteiger partial charge in [0.1, 0.15) is 5.76 Å². The highest BCUT2D eigenvalue weighted by Crippen LogP contribution is 2.18. The van der Waals surface area contributed by atoms with Crippen LogP contribution in [0.3, 0.4) is 0 Å². The molecule has 0 unspecified atom stereocenters. The highest BCUT2D eigenvalue weighted by Gasteiger charge is 2.19. The second kappa shape index (κ2) is 6.39. The quantitative estimate of drug-likeness (QED) is 0.769. The molecule has 3 heterocycles. The fourth-order valence-corrected chi connectivity index (χ4v) is 2.01. The Kier molecular flexibility index (Phi) is 4.13. The van der Waals surface area contributed by atoms with Crippen LogP contribution in [-0.4, -0.2) is 26.0 Å². The Bertz CT molecular complexity index is 794. The molecule has 8 nitrogen and oxygen atoms in total. The molecular weight excluding hydrogens is 298 g/mol. The summed E-state index contributed by atoms with van der Waals surface area (Å²) in [6.07, 6.45) is 4.56. The number of nitrogens with zero attached hydrogens (tertiary/aromatic N) is 4. The van der Waals surface area contributed by atoms with E-state index in [2.05, 4.69) is 25.4 Å². The second-order valence-corrected chi connectivity index (χ2v) is 5.16. The topological polar surface area (TPSA) is 107 Å². The Morgan fingerprint density at radius 1 is 1.39 bits per heavy atom. The molecule has 0 saturated heterocycles. The Morgan fingerprint density at radius 2 is 2.26 bits per heavy atom. The number of pyridine rings is 1. The van der Waals surface area contributed by atoms with Crippen molar-refractivity contribution < 1.29 is 13.7 Å². The fourth-order valence-electron chi connectivity index (χ4n) is 2.01. The highest BCUT2D eigenvalue weighted by atomic mass is 16.5. The van der Waals surface area contributed by atoms with Crippen molar-refractivity contribution in [1.82, 2.24) is 25.4 Å². The predicted octanol–water partition coefficient (Wildman–Crippen LogP) is 2.17. The van der Waals surface area contributed by atoms with Crippen molar-refractivity contribution in [3.63, 3.8) is 0 Å². The maximum atomic E-state index is 12.1. The summed E-state index contributed by atoms with van der Waals surface area (Å²) in [5.74, 6) is 0.991. The van der Waals surface area contributed by atoms with E-state index < -0.39 is 0 Å². The summed E-state index contributed by atoms with van der Waals surface area (Å²) in [5.41, 5.74) is 1.01. The molecule has 0 radical (unpaired) electrons. The Balaban J connectivity index is 1.66. The number of hydrogen-bond acceptors (Lipinski definition) is 7. The van der Waals surface area contributed by atoms with Crippen molar-refractivity contribution in [3.05, 3.63) is 48.3 Å². The van der Waals surface area contributed by atoms with Crippen molar-refractivity contribution in [2.75, 3.05) is 0 Å². The van der Waals surface area contributed by atoms with Crippen molar-refractivity contribution >= 4 is 5.91 Å². The minimum atomic E-state index is -0.344. The molecule has 0 aliphatic rings. The maximum absolute atomic E-state index is 12.1. The second-order valence-electron chi connectivity index (χ2n) is 5.16. The summed E-state index contributed by atoms with van der Waals surface area (Å²) in [4.78, 5) is 24.3. The van der Waals surface area contributed by atoms with Gasteiger partial charge >= 0.3 is 0 Å². The molecule has 3 rings (SSSR count). The lowest BCUT2D eigenvalue weighted by Gasteiger charge is -2.03. The van der Waals surface area contributed by atoms with Gasteiger partial charge in [0.05, 0.1) is 6.54 Å². The van der Waals surface area contributed by atoms with E-state index in [1.165, 1.54) is 6.39 Å². The number of carbonyl (C=O) groups is 1. The van der Waals surface area contributed by atoms with Gasteiger partial charge in [0.2, 0.25) is 11.7 Å². The van der Waals surface area contributed by atoms with Crippen molar-refractivity contribution in [3.8, 4) is 11.4 Å². The lowest BCUT2D eigenvalue weighted by molar-refractivity contribution is 0.0939. The molecule has 0 aliphatic carbocycles. The zero-order valence-corrected chi connectivity index (χ0v) is 12.7. The Morgan fingerprint density at radius 3 is 3.00 bits per heavy atom. The normalized spacial score (nSPS) is 10.9. The van der Waals surface area contributed by atoms with Crippen LogP contribution in [0, 0.1) is 0 Å². The number of amides is 1. The molecule has 0 spiro atoms. The molecule has 1 amide bonds. The van der Waals surface area contributed by atoms with E-state index in [-0.39, 0.29) is 24.1 Å². The molecule has 8 heteroatoms. The SMILES string of the molecule is CC(C)c1ocnc1C(=O)NCc1nc(-c2cccnc2)no1. The van der Waals surface area contributed by atoms with Gasteiger partial charge in [-0.3, -0.25) is 9.78 Å². The van der Waals surface area contributed by atoms with Gasteiger partial charge in [0.15, 0.2) is 12.1 Å². The van der Waals surface area contributed by atoms with Gasteiger partial charge < -0.3 is 14.3 Å². The lowest BCUT2D eigenvalue weighted by Crippen LogP contribution is -2.24. The molecule has 3 aromatic heterocycles. The summed E-state index contributed by atoms with van der Waals surface area (Å²) >= 11 is 0. The van der Waals surface area contributed by atoms with E-state index in [0.717, 1.165) is 5.56 Å². The number of rotatable bonds is 5. The van der Waals surface area contributed by atoms with Crippen LogP contribution >= 0.6 is 0 Å². The Hall–Kier alpha value is -3.03. The molecule has 0 fully saturated rings. The first-order valence-corrected chi connectivity index (χ1v) is 7.09. The van der Waals surface area contributed by atoms with Crippen LogP contribution in [-0.2, 0) is 6.54 Å². The zero-order chi connectivity index (χ0) is 16.2. The van der Waals surface area contributed by atoms with Gasteiger partial charge in [-0.15, -0.1) is 0 Å². The summed E-state index contributed by atoms with van der Waals surface area (Å²) in [6.45, 7) is 3.96. The summed E-state index contributed by atoms with van der Waals surface area (Å²) < 4.78 is 10.3. The lowest BCUT2D eigenvalue weighted by atomic mass is 10.1.